The SMILES string of the molecule is COC1CCCCC1NCCc1nccn1C. The number of ether oxygens (including phenoxy) is 1. The van der Waals surface area contributed by atoms with Crippen LogP contribution in [0, 0.1) is 0 Å². The van der Waals surface area contributed by atoms with Gasteiger partial charge in [-0.2, -0.15) is 0 Å². The molecule has 1 heterocycles. The number of aryl methyl sites for hydroxylation is 1. The topological polar surface area (TPSA) is 39.1 Å². The highest BCUT2D eigenvalue weighted by molar-refractivity contribution is 4.92. The summed E-state index contributed by atoms with van der Waals surface area (Å²) in [6, 6.07) is 0.522. The number of imidazole rings is 1. The van der Waals surface area contributed by atoms with Crippen LogP contribution in [0.15, 0.2) is 12.4 Å². The van der Waals surface area contributed by atoms with Crippen molar-refractivity contribution in [3.63, 3.8) is 0 Å². The Morgan fingerprint density at radius 3 is 3.00 bits per heavy atom. The fourth-order valence-electron chi connectivity index (χ4n) is 2.62. The van der Waals surface area contributed by atoms with Crippen LogP contribution in [0.5, 0.6) is 0 Å². The van der Waals surface area contributed by atoms with Gasteiger partial charge in [-0.05, 0) is 12.8 Å². The van der Waals surface area contributed by atoms with Crippen LogP contribution in [-0.4, -0.2) is 35.4 Å². The van der Waals surface area contributed by atoms with Gasteiger partial charge in [0.25, 0.3) is 0 Å². The van der Waals surface area contributed by atoms with Gasteiger partial charge in [0.1, 0.15) is 5.82 Å². The van der Waals surface area contributed by atoms with Crippen molar-refractivity contribution in [2.45, 2.75) is 44.2 Å². The summed E-state index contributed by atoms with van der Waals surface area (Å²) in [5, 5.41) is 3.61. The van der Waals surface area contributed by atoms with Crippen LogP contribution in [0.4, 0.5) is 0 Å². The average Bonchev–Trinajstić information content (AvgIpc) is 2.76. The van der Waals surface area contributed by atoms with E-state index >= 15 is 0 Å². The van der Waals surface area contributed by atoms with Crippen molar-refractivity contribution in [2.24, 2.45) is 7.05 Å². The van der Waals surface area contributed by atoms with E-state index < -0.39 is 0 Å². The van der Waals surface area contributed by atoms with Crippen molar-refractivity contribution in [2.75, 3.05) is 13.7 Å². The Labute approximate surface area is 103 Å². The summed E-state index contributed by atoms with van der Waals surface area (Å²) in [6.45, 7) is 0.982. The molecular formula is C13H23N3O. The van der Waals surface area contributed by atoms with Gasteiger partial charge in [0, 0.05) is 45.6 Å². The van der Waals surface area contributed by atoms with Crippen LogP contribution in [0.3, 0.4) is 0 Å². The highest BCUT2D eigenvalue weighted by Crippen LogP contribution is 2.20. The van der Waals surface area contributed by atoms with E-state index in [1.54, 1.807) is 0 Å². The molecule has 1 N–H and O–H groups in total. The monoisotopic (exact) mass is 237 g/mol. The molecule has 0 aliphatic heterocycles. The lowest BCUT2D eigenvalue weighted by Gasteiger charge is -2.31. The largest absolute Gasteiger partial charge is 0.380 e. The summed E-state index contributed by atoms with van der Waals surface area (Å²) in [5.41, 5.74) is 0. The number of hydrogen-bond acceptors (Lipinski definition) is 3. The number of methoxy groups -OCH3 is 1. The van der Waals surface area contributed by atoms with Crippen LogP contribution in [0.2, 0.25) is 0 Å². The van der Waals surface area contributed by atoms with E-state index in [4.69, 9.17) is 4.74 Å². The van der Waals surface area contributed by atoms with Gasteiger partial charge in [-0.25, -0.2) is 4.98 Å². The smallest absolute Gasteiger partial charge is 0.109 e. The maximum absolute atomic E-state index is 5.53. The summed E-state index contributed by atoms with van der Waals surface area (Å²) in [7, 11) is 3.87. The third kappa shape index (κ3) is 3.30. The van der Waals surface area contributed by atoms with Crippen molar-refractivity contribution in [1.29, 1.82) is 0 Å². The van der Waals surface area contributed by atoms with Gasteiger partial charge in [0.05, 0.1) is 6.10 Å². The highest BCUT2D eigenvalue weighted by atomic mass is 16.5. The van der Waals surface area contributed by atoms with E-state index in [2.05, 4.69) is 14.9 Å². The van der Waals surface area contributed by atoms with Crippen LogP contribution < -0.4 is 5.32 Å². The molecule has 2 unspecified atom stereocenters. The molecule has 4 heteroatoms. The molecule has 2 rings (SSSR count). The Morgan fingerprint density at radius 1 is 1.47 bits per heavy atom. The second-order valence-corrected chi connectivity index (χ2v) is 4.82. The van der Waals surface area contributed by atoms with E-state index in [1.807, 2.05) is 26.6 Å². The summed E-state index contributed by atoms with van der Waals surface area (Å²) in [6.07, 6.45) is 10.3. The van der Waals surface area contributed by atoms with E-state index in [1.165, 1.54) is 25.7 Å². The fraction of sp³-hybridized carbons (Fsp3) is 0.769. The molecule has 17 heavy (non-hydrogen) atoms. The van der Waals surface area contributed by atoms with Gasteiger partial charge in [-0.1, -0.05) is 12.8 Å². The second-order valence-electron chi connectivity index (χ2n) is 4.82. The van der Waals surface area contributed by atoms with E-state index in [-0.39, 0.29) is 0 Å². The molecule has 1 aliphatic carbocycles. The molecule has 96 valence electrons. The van der Waals surface area contributed by atoms with E-state index in [0.29, 0.717) is 12.1 Å². The standard InChI is InChI=1S/C13H23N3O/c1-16-10-9-15-13(16)7-8-14-11-5-3-4-6-12(11)17-2/h9-12,14H,3-8H2,1-2H3. The number of nitrogens with zero attached hydrogens (tertiary/aromatic N) is 2. The first-order chi connectivity index (χ1) is 8.31. The van der Waals surface area contributed by atoms with Crippen LogP contribution >= 0.6 is 0 Å². The fourth-order valence-corrected chi connectivity index (χ4v) is 2.62. The quantitative estimate of drug-likeness (QED) is 0.843. The Morgan fingerprint density at radius 2 is 2.29 bits per heavy atom. The van der Waals surface area contributed by atoms with Gasteiger partial charge < -0.3 is 14.6 Å². The van der Waals surface area contributed by atoms with Gasteiger partial charge in [0.15, 0.2) is 0 Å². The second kappa shape index (κ2) is 6.17. The number of nitrogens with one attached hydrogen (secondary N) is 1. The Bertz CT molecular complexity index is 337. The van der Waals surface area contributed by atoms with Crippen molar-refractivity contribution in [3.8, 4) is 0 Å². The Hall–Kier alpha value is -0.870. The lowest BCUT2D eigenvalue weighted by molar-refractivity contribution is 0.0421. The molecule has 0 amide bonds. The first kappa shape index (κ1) is 12.6. The van der Waals surface area contributed by atoms with E-state index in [0.717, 1.165) is 18.8 Å². The van der Waals surface area contributed by atoms with Crippen molar-refractivity contribution in [1.82, 2.24) is 14.9 Å². The molecule has 2 atom stereocenters. The number of rotatable bonds is 5. The maximum atomic E-state index is 5.53. The highest BCUT2D eigenvalue weighted by Gasteiger charge is 2.23. The minimum absolute atomic E-state index is 0.394. The maximum Gasteiger partial charge on any atom is 0.109 e. The molecule has 0 bridgehead atoms. The summed E-state index contributed by atoms with van der Waals surface area (Å²) < 4.78 is 7.61. The van der Waals surface area contributed by atoms with E-state index in [9.17, 15) is 0 Å². The molecular weight excluding hydrogens is 214 g/mol. The molecule has 0 aromatic carbocycles. The first-order valence-corrected chi connectivity index (χ1v) is 6.53. The summed E-state index contributed by atoms with van der Waals surface area (Å²) in [5.74, 6) is 1.14. The zero-order valence-corrected chi connectivity index (χ0v) is 10.9. The van der Waals surface area contributed by atoms with Gasteiger partial charge in [0.2, 0.25) is 0 Å². The van der Waals surface area contributed by atoms with Crippen molar-refractivity contribution >= 4 is 0 Å². The predicted octanol–water partition coefficient (Wildman–Crippen LogP) is 1.51. The summed E-state index contributed by atoms with van der Waals surface area (Å²) >= 11 is 0. The molecule has 4 nitrogen and oxygen atoms in total. The zero-order valence-electron chi connectivity index (χ0n) is 10.9. The van der Waals surface area contributed by atoms with Crippen LogP contribution in [0.1, 0.15) is 31.5 Å². The van der Waals surface area contributed by atoms with Crippen molar-refractivity contribution < 1.29 is 4.74 Å². The average molecular weight is 237 g/mol. The van der Waals surface area contributed by atoms with Crippen LogP contribution in [-0.2, 0) is 18.2 Å². The Balaban J connectivity index is 1.75. The van der Waals surface area contributed by atoms with Crippen LogP contribution in [0.25, 0.3) is 0 Å². The number of aromatic nitrogens is 2. The van der Waals surface area contributed by atoms with Crippen molar-refractivity contribution in [3.05, 3.63) is 18.2 Å². The molecule has 1 aromatic heterocycles. The molecule has 1 saturated carbocycles. The third-order valence-electron chi connectivity index (χ3n) is 3.68. The van der Waals surface area contributed by atoms with Gasteiger partial charge in [-0.15, -0.1) is 0 Å². The zero-order chi connectivity index (χ0) is 12.1. The molecule has 0 saturated heterocycles. The van der Waals surface area contributed by atoms with Gasteiger partial charge in [-0.3, -0.25) is 0 Å². The molecule has 0 radical (unpaired) electrons. The Kier molecular flexibility index (Phi) is 4.57. The minimum Gasteiger partial charge on any atom is -0.380 e. The summed E-state index contributed by atoms with van der Waals surface area (Å²) in [4.78, 5) is 4.33. The first-order valence-electron chi connectivity index (χ1n) is 6.53. The van der Waals surface area contributed by atoms with Gasteiger partial charge >= 0.3 is 0 Å². The lowest BCUT2D eigenvalue weighted by Crippen LogP contribution is -2.43. The minimum atomic E-state index is 0.394. The molecule has 1 aromatic rings. The molecule has 0 spiro atoms. The lowest BCUT2D eigenvalue weighted by atomic mass is 9.92. The normalized spacial score (nSPS) is 25.1. The third-order valence-corrected chi connectivity index (χ3v) is 3.68. The molecule has 1 aliphatic rings. The predicted molar refractivity (Wildman–Crippen MR) is 68.0 cm³/mol. The molecule has 1 fully saturated rings. The number of hydrogen-bond donors (Lipinski definition) is 1.